The number of amides is 1. The number of fused-ring (bicyclic) bond motifs is 1. The monoisotopic (exact) mass is 314 g/mol. The van der Waals surface area contributed by atoms with Gasteiger partial charge in [0.2, 0.25) is 0 Å². The number of carboxylic acid groups (broad SMARTS) is 1. The van der Waals surface area contributed by atoms with Crippen LogP contribution in [0.25, 0.3) is 0 Å². The van der Waals surface area contributed by atoms with Gasteiger partial charge in [0.25, 0.3) is 5.91 Å². The number of halogens is 1. The molecule has 20 heavy (non-hydrogen) atoms. The zero-order valence-corrected chi connectivity index (χ0v) is 12.4. The first-order chi connectivity index (χ1) is 9.59. The second kappa shape index (κ2) is 5.33. The molecule has 2 aliphatic rings. The zero-order valence-electron chi connectivity index (χ0n) is 10.8. The van der Waals surface area contributed by atoms with Crippen molar-refractivity contribution in [1.29, 1.82) is 0 Å². The maximum atomic E-state index is 12.6. The van der Waals surface area contributed by atoms with Crippen molar-refractivity contribution in [3.05, 3.63) is 15.5 Å². The molecule has 0 bridgehead atoms. The van der Waals surface area contributed by atoms with E-state index in [1.165, 1.54) is 16.8 Å². The lowest BCUT2D eigenvalue weighted by molar-refractivity contribution is -0.141. The Morgan fingerprint density at radius 2 is 2.15 bits per heavy atom. The summed E-state index contributed by atoms with van der Waals surface area (Å²) >= 11 is 7.09. The second-order valence-corrected chi connectivity index (χ2v) is 6.60. The third-order valence-corrected chi connectivity index (χ3v) is 5.54. The van der Waals surface area contributed by atoms with Gasteiger partial charge in [0, 0.05) is 6.04 Å². The molecule has 0 aromatic carbocycles. The maximum absolute atomic E-state index is 12.6. The molecular formula is C13H15ClN2O3S. The van der Waals surface area contributed by atoms with Crippen LogP contribution in [0.4, 0.5) is 0 Å². The normalized spacial score (nSPS) is 29.2. The second-order valence-electron chi connectivity index (χ2n) is 5.39. The van der Waals surface area contributed by atoms with Crippen LogP contribution in [-0.2, 0) is 4.79 Å². The standard InChI is InChI=1S/C13H15ClN2O3S/c14-11-10(20-6-15-11)12(17)16-8-4-2-1-3-7(8)5-9(16)13(18)19/h6-9H,1-5H2,(H,18,19)/t7-,8-,9-/m0/s1. The average Bonchev–Trinajstić information content (AvgIpc) is 3.01. The molecule has 1 aliphatic heterocycles. The SMILES string of the molecule is O=C(O)[C@@H]1C[C@@H]2CCCC[C@@H]2N1C(=O)c1scnc1Cl. The summed E-state index contributed by atoms with van der Waals surface area (Å²) in [4.78, 5) is 29.9. The van der Waals surface area contributed by atoms with Crippen molar-refractivity contribution >= 4 is 34.8 Å². The molecular weight excluding hydrogens is 300 g/mol. The third kappa shape index (κ3) is 2.20. The fourth-order valence-electron chi connectivity index (χ4n) is 3.46. The maximum Gasteiger partial charge on any atom is 0.326 e. The van der Waals surface area contributed by atoms with E-state index in [0.717, 1.165) is 25.7 Å². The smallest absolute Gasteiger partial charge is 0.326 e. The van der Waals surface area contributed by atoms with Gasteiger partial charge in [-0.2, -0.15) is 0 Å². The molecule has 1 N–H and O–H groups in total. The number of likely N-dealkylation sites (tertiary alicyclic amines) is 1. The number of carbonyl (C=O) groups is 2. The zero-order chi connectivity index (χ0) is 14.3. The van der Waals surface area contributed by atoms with Gasteiger partial charge in [0.05, 0.1) is 5.51 Å². The highest BCUT2D eigenvalue weighted by Gasteiger charge is 2.48. The quantitative estimate of drug-likeness (QED) is 0.911. The Balaban J connectivity index is 1.93. The highest BCUT2D eigenvalue weighted by atomic mass is 35.5. The largest absolute Gasteiger partial charge is 0.480 e. The van der Waals surface area contributed by atoms with Gasteiger partial charge in [0.1, 0.15) is 10.9 Å². The van der Waals surface area contributed by atoms with Crippen molar-refractivity contribution in [1.82, 2.24) is 9.88 Å². The molecule has 0 unspecified atom stereocenters. The van der Waals surface area contributed by atoms with Crippen molar-refractivity contribution in [3.8, 4) is 0 Å². The third-order valence-electron chi connectivity index (χ3n) is 4.33. The minimum atomic E-state index is -0.923. The van der Waals surface area contributed by atoms with Crippen LogP contribution in [0.5, 0.6) is 0 Å². The van der Waals surface area contributed by atoms with E-state index in [4.69, 9.17) is 11.6 Å². The van der Waals surface area contributed by atoms with E-state index in [1.54, 1.807) is 4.90 Å². The van der Waals surface area contributed by atoms with E-state index in [-0.39, 0.29) is 17.1 Å². The molecule has 108 valence electrons. The van der Waals surface area contributed by atoms with Gasteiger partial charge in [-0.15, -0.1) is 11.3 Å². The minimum absolute atomic E-state index is 0.0375. The number of aliphatic carboxylic acids is 1. The topological polar surface area (TPSA) is 70.5 Å². The Morgan fingerprint density at radius 1 is 1.40 bits per heavy atom. The van der Waals surface area contributed by atoms with Gasteiger partial charge in [-0.05, 0) is 25.2 Å². The Morgan fingerprint density at radius 3 is 2.80 bits per heavy atom. The Labute approximate surface area is 125 Å². The lowest BCUT2D eigenvalue weighted by Crippen LogP contribution is -2.46. The van der Waals surface area contributed by atoms with Gasteiger partial charge >= 0.3 is 5.97 Å². The van der Waals surface area contributed by atoms with E-state index in [1.807, 2.05) is 0 Å². The van der Waals surface area contributed by atoms with Gasteiger partial charge in [-0.3, -0.25) is 4.79 Å². The molecule has 5 nitrogen and oxygen atoms in total. The molecule has 1 saturated heterocycles. The summed E-state index contributed by atoms with van der Waals surface area (Å²) in [6.07, 6.45) is 4.62. The van der Waals surface area contributed by atoms with E-state index in [9.17, 15) is 14.7 Å². The fraction of sp³-hybridized carbons (Fsp3) is 0.615. The summed E-state index contributed by atoms with van der Waals surface area (Å²) in [5, 5.41) is 9.58. The van der Waals surface area contributed by atoms with Crippen molar-refractivity contribution in [2.75, 3.05) is 0 Å². The molecule has 1 aromatic rings. The Kier molecular flexibility index (Phi) is 3.69. The molecule has 0 radical (unpaired) electrons. The first-order valence-electron chi connectivity index (χ1n) is 6.74. The predicted molar refractivity (Wildman–Crippen MR) is 75.1 cm³/mol. The number of rotatable bonds is 2. The summed E-state index contributed by atoms with van der Waals surface area (Å²) in [5.41, 5.74) is 1.51. The fourth-order valence-corrected chi connectivity index (χ4v) is 4.40. The predicted octanol–water partition coefficient (Wildman–Crippen LogP) is 2.65. The Bertz CT molecular complexity index is 547. The summed E-state index contributed by atoms with van der Waals surface area (Å²) < 4.78 is 0. The van der Waals surface area contributed by atoms with Gasteiger partial charge < -0.3 is 10.0 Å². The Hall–Kier alpha value is -1.14. The van der Waals surface area contributed by atoms with E-state index < -0.39 is 12.0 Å². The summed E-state index contributed by atoms with van der Waals surface area (Å²) in [6.45, 7) is 0. The van der Waals surface area contributed by atoms with Crippen LogP contribution in [0.2, 0.25) is 5.15 Å². The summed E-state index contributed by atoms with van der Waals surface area (Å²) in [6, 6.07) is -0.690. The number of hydrogen-bond donors (Lipinski definition) is 1. The van der Waals surface area contributed by atoms with Crippen LogP contribution in [-0.4, -0.2) is 39.0 Å². The number of nitrogens with zero attached hydrogens (tertiary/aromatic N) is 2. The molecule has 1 amide bonds. The summed E-state index contributed by atoms with van der Waals surface area (Å²) in [7, 11) is 0. The molecule has 0 spiro atoms. The lowest BCUT2D eigenvalue weighted by Gasteiger charge is -2.32. The van der Waals surface area contributed by atoms with Crippen LogP contribution < -0.4 is 0 Å². The summed E-state index contributed by atoms with van der Waals surface area (Å²) in [5.74, 6) is -0.895. The van der Waals surface area contributed by atoms with Gasteiger partial charge in [-0.1, -0.05) is 24.4 Å². The molecule has 2 heterocycles. The van der Waals surface area contributed by atoms with Crippen LogP contribution >= 0.6 is 22.9 Å². The highest BCUT2D eigenvalue weighted by molar-refractivity contribution is 7.12. The number of carbonyl (C=O) groups excluding carboxylic acids is 1. The first kappa shape index (κ1) is 13.8. The number of aromatic nitrogens is 1. The highest BCUT2D eigenvalue weighted by Crippen LogP contribution is 2.41. The molecule has 3 rings (SSSR count). The molecule has 1 saturated carbocycles. The van der Waals surface area contributed by atoms with Crippen LogP contribution in [0.3, 0.4) is 0 Å². The van der Waals surface area contributed by atoms with E-state index in [0.29, 0.717) is 17.2 Å². The number of carboxylic acids is 1. The molecule has 3 atom stereocenters. The number of hydrogen-bond acceptors (Lipinski definition) is 4. The average molecular weight is 315 g/mol. The molecule has 1 aromatic heterocycles. The molecule has 1 aliphatic carbocycles. The molecule has 7 heteroatoms. The van der Waals surface area contributed by atoms with Gasteiger partial charge in [0.15, 0.2) is 5.15 Å². The number of thiazole rings is 1. The van der Waals surface area contributed by atoms with Gasteiger partial charge in [-0.25, -0.2) is 9.78 Å². The van der Waals surface area contributed by atoms with Crippen LogP contribution in [0, 0.1) is 5.92 Å². The van der Waals surface area contributed by atoms with Crippen LogP contribution in [0.1, 0.15) is 41.8 Å². The van der Waals surface area contributed by atoms with E-state index in [2.05, 4.69) is 4.98 Å². The lowest BCUT2D eigenvalue weighted by atomic mass is 9.85. The molecule has 2 fully saturated rings. The van der Waals surface area contributed by atoms with Crippen molar-refractivity contribution in [3.63, 3.8) is 0 Å². The van der Waals surface area contributed by atoms with Crippen molar-refractivity contribution in [2.45, 2.75) is 44.2 Å². The van der Waals surface area contributed by atoms with Crippen LogP contribution in [0.15, 0.2) is 5.51 Å². The van der Waals surface area contributed by atoms with E-state index >= 15 is 0 Å². The first-order valence-corrected chi connectivity index (χ1v) is 8.00. The van der Waals surface area contributed by atoms with Crippen molar-refractivity contribution < 1.29 is 14.7 Å². The van der Waals surface area contributed by atoms with Crippen molar-refractivity contribution in [2.24, 2.45) is 5.92 Å². The minimum Gasteiger partial charge on any atom is -0.480 e.